The lowest BCUT2D eigenvalue weighted by molar-refractivity contribution is 0.112. The topological polar surface area (TPSA) is 20.3 Å². The van der Waals surface area contributed by atoms with E-state index in [9.17, 15) is 4.79 Å². The van der Waals surface area contributed by atoms with Crippen LogP contribution in [-0.4, -0.2) is 17.2 Å². The minimum absolute atomic E-state index is 0.347. The van der Waals surface area contributed by atoms with Crippen molar-refractivity contribution < 1.29 is 4.79 Å². The highest BCUT2D eigenvalue weighted by Crippen LogP contribution is 2.29. The summed E-state index contributed by atoms with van der Waals surface area (Å²) in [5, 5.41) is 0. The minimum Gasteiger partial charge on any atom is -0.339 e. The average Bonchev–Trinajstić information content (AvgIpc) is 2.38. The molecule has 0 amide bonds. The summed E-state index contributed by atoms with van der Waals surface area (Å²) in [7, 11) is 0. The third-order valence-electron chi connectivity index (χ3n) is 2.97. The molecule has 0 spiro atoms. The standard InChI is InChI=1S/C16H17NO/c1-12(2)17-13(3)5-4-6-16(17)15-9-7-14(11-18)8-10-15/h4-12H,3H2,1-2H3. The number of allylic oxidation sites excluding steroid dienone is 3. The van der Waals surface area contributed by atoms with Gasteiger partial charge in [-0.05, 0) is 31.6 Å². The van der Waals surface area contributed by atoms with E-state index in [4.69, 9.17) is 0 Å². The Balaban J connectivity index is 2.40. The van der Waals surface area contributed by atoms with Gasteiger partial charge in [0.1, 0.15) is 6.29 Å². The van der Waals surface area contributed by atoms with E-state index < -0.39 is 0 Å². The molecular formula is C16H17NO. The van der Waals surface area contributed by atoms with Gasteiger partial charge in [-0.15, -0.1) is 0 Å². The van der Waals surface area contributed by atoms with Gasteiger partial charge in [0, 0.05) is 23.0 Å². The number of carbonyl (C=O) groups excluding carboxylic acids is 1. The Labute approximate surface area is 108 Å². The summed E-state index contributed by atoms with van der Waals surface area (Å²) in [6.45, 7) is 8.34. The average molecular weight is 239 g/mol. The predicted molar refractivity (Wildman–Crippen MR) is 75.1 cm³/mol. The molecule has 2 rings (SSSR count). The summed E-state index contributed by atoms with van der Waals surface area (Å²) >= 11 is 0. The second-order valence-corrected chi connectivity index (χ2v) is 4.61. The molecule has 0 unspecified atom stereocenters. The molecule has 0 saturated heterocycles. The Morgan fingerprint density at radius 2 is 1.89 bits per heavy atom. The molecule has 1 heterocycles. The number of hydrogen-bond acceptors (Lipinski definition) is 2. The molecule has 1 aromatic carbocycles. The molecule has 1 aliphatic rings. The highest BCUT2D eigenvalue weighted by Gasteiger charge is 2.18. The van der Waals surface area contributed by atoms with E-state index in [-0.39, 0.29) is 0 Å². The van der Waals surface area contributed by atoms with Gasteiger partial charge in [0.25, 0.3) is 0 Å². The summed E-state index contributed by atoms with van der Waals surface area (Å²) in [5.74, 6) is 0. The van der Waals surface area contributed by atoms with Crippen LogP contribution in [-0.2, 0) is 0 Å². The predicted octanol–water partition coefficient (Wildman–Crippen LogP) is 3.63. The van der Waals surface area contributed by atoms with Gasteiger partial charge in [0.05, 0.1) is 0 Å². The van der Waals surface area contributed by atoms with Crippen molar-refractivity contribution >= 4 is 12.0 Å². The number of carbonyl (C=O) groups is 1. The molecule has 0 N–H and O–H groups in total. The Morgan fingerprint density at radius 1 is 1.22 bits per heavy atom. The van der Waals surface area contributed by atoms with Gasteiger partial charge in [0.15, 0.2) is 0 Å². The maximum absolute atomic E-state index is 10.7. The van der Waals surface area contributed by atoms with E-state index in [0.29, 0.717) is 11.6 Å². The van der Waals surface area contributed by atoms with Crippen LogP contribution < -0.4 is 0 Å². The zero-order valence-electron chi connectivity index (χ0n) is 10.8. The van der Waals surface area contributed by atoms with Crippen molar-refractivity contribution in [2.45, 2.75) is 19.9 Å². The fraction of sp³-hybridized carbons (Fsp3) is 0.188. The lowest BCUT2D eigenvalue weighted by Crippen LogP contribution is -2.28. The molecule has 0 fully saturated rings. The number of rotatable bonds is 3. The maximum Gasteiger partial charge on any atom is 0.150 e. The maximum atomic E-state index is 10.7. The van der Waals surface area contributed by atoms with Crippen molar-refractivity contribution in [2.24, 2.45) is 0 Å². The molecular weight excluding hydrogens is 222 g/mol. The van der Waals surface area contributed by atoms with Crippen molar-refractivity contribution in [3.05, 3.63) is 65.9 Å². The van der Waals surface area contributed by atoms with Gasteiger partial charge >= 0.3 is 0 Å². The summed E-state index contributed by atoms with van der Waals surface area (Å²) in [6.07, 6.45) is 6.94. The molecule has 18 heavy (non-hydrogen) atoms. The van der Waals surface area contributed by atoms with Crippen molar-refractivity contribution in [3.63, 3.8) is 0 Å². The van der Waals surface area contributed by atoms with Crippen LogP contribution in [0.25, 0.3) is 5.70 Å². The molecule has 92 valence electrons. The molecule has 0 atom stereocenters. The van der Waals surface area contributed by atoms with Gasteiger partial charge in [0.2, 0.25) is 0 Å². The second-order valence-electron chi connectivity index (χ2n) is 4.61. The SMILES string of the molecule is C=C1C=CC=C(c2ccc(C=O)cc2)N1C(C)C. The highest BCUT2D eigenvalue weighted by atomic mass is 16.1. The Morgan fingerprint density at radius 3 is 2.44 bits per heavy atom. The molecule has 2 heteroatoms. The zero-order chi connectivity index (χ0) is 13.1. The molecule has 2 nitrogen and oxygen atoms in total. The third kappa shape index (κ3) is 2.28. The molecule has 1 aliphatic heterocycles. The van der Waals surface area contributed by atoms with E-state index in [0.717, 1.165) is 23.2 Å². The Hall–Kier alpha value is -2.09. The lowest BCUT2D eigenvalue weighted by Gasteiger charge is -2.33. The van der Waals surface area contributed by atoms with Gasteiger partial charge in [-0.2, -0.15) is 0 Å². The van der Waals surface area contributed by atoms with Crippen LogP contribution in [0.3, 0.4) is 0 Å². The van der Waals surface area contributed by atoms with E-state index >= 15 is 0 Å². The first kappa shape index (κ1) is 12.4. The Bertz CT molecular complexity index is 521. The van der Waals surface area contributed by atoms with Gasteiger partial charge < -0.3 is 4.90 Å². The number of hydrogen-bond donors (Lipinski definition) is 0. The van der Waals surface area contributed by atoms with Gasteiger partial charge in [-0.3, -0.25) is 4.79 Å². The fourth-order valence-electron chi connectivity index (χ4n) is 2.14. The van der Waals surface area contributed by atoms with E-state index in [1.165, 1.54) is 0 Å². The summed E-state index contributed by atoms with van der Waals surface area (Å²) in [4.78, 5) is 12.9. The van der Waals surface area contributed by atoms with E-state index in [2.05, 4.69) is 31.4 Å². The largest absolute Gasteiger partial charge is 0.339 e. The van der Waals surface area contributed by atoms with Crippen LogP contribution in [0.5, 0.6) is 0 Å². The molecule has 1 aromatic rings. The zero-order valence-corrected chi connectivity index (χ0v) is 10.8. The number of benzene rings is 1. The normalized spacial score (nSPS) is 14.9. The number of nitrogens with zero attached hydrogens (tertiary/aromatic N) is 1. The smallest absolute Gasteiger partial charge is 0.150 e. The molecule has 0 aliphatic carbocycles. The van der Waals surface area contributed by atoms with Crippen molar-refractivity contribution in [1.29, 1.82) is 0 Å². The van der Waals surface area contributed by atoms with E-state index in [1.807, 2.05) is 36.4 Å². The van der Waals surface area contributed by atoms with Crippen LogP contribution in [0.1, 0.15) is 29.8 Å². The second kappa shape index (κ2) is 5.05. The summed E-state index contributed by atoms with van der Waals surface area (Å²) in [5.41, 5.74) is 3.90. The summed E-state index contributed by atoms with van der Waals surface area (Å²) < 4.78 is 0. The van der Waals surface area contributed by atoms with Crippen molar-refractivity contribution in [3.8, 4) is 0 Å². The number of aldehydes is 1. The molecule has 0 bridgehead atoms. The van der Waals surface area contributed by atoms with Gasteiger partial charge in [-0.1, -0.05) is 36.9 Å². The van der Waals surface area contributed by atoms with Crippen molar-refractivity contribution in [2.75, 3.05) is 0 Å². The summed E-state index contributed by atoms with van der Waals surface area (Å²) in [6, 6.07) is 7.96. The molecule has 0 aromatic heterocycles. The van der Waals surface area contributed by atoms with Crippen molar-refractivity contribution in [1.82, 2.24) is 4.90 Å². The quantitative estimate of drug-likeness (QED) is 0.751. The third-order valence-corrected chi connectivity index (χ3v) is 2.97. The Kier molecular flexibility index (Phi) is 3.47. The monoisotopic (exact) mass is 239 g/mol. The van der Waals surface area contributed by atoms with Crippen LogP contribution in [0.15, 0.2) is 54.8 Å². The van der Waals surface area contributed by atoms with Crippen LogP contribution in [0, 0.1) is 0 Å². The van der Waals surface area contributed by atoms with Crippen LogP contribution in [0.2, 0.25) is 0 Å². The first-order valence-corrected chi connectivity index (χ1v) is 6.05. The first-order chi connectivity index (χ1) is 8.63. The highest BCUT2D eigenvalue weighted by molar-refractivity contribution is 5.77. The lowest BCUT2D eigenvalue weighted by atomic mass is 10.0. The van der Waals surface area contributed by atoms with Crippen LogP contribution in [0.4, 0.5) is 0 Å². The van der Waals surface area contributed by atoms with E-state index in [1.54, 1.807) is 0 Å². The molecule has 0 radical (unpaired) electrons. The fourth-order valence-corrected chi connectivity index (χ4v) is 2.14. The van der Waals surface area contributed by atoms with Gasteiger partial charge in [-0.25, -0.2) is 0 Å². The molecule has 0 saturated carbocycles. The van der Waals surface area contributed by atoms with Crippen LogP contribution >= 0.6 is 0 Å². The minimum atomic E-state index is 0.347. The first-order valence-electron chi connectivity index (χ1n) is 6.05.